The van der Waals surface area contributed by atoms with Crippen LogP contribution in [0, 0.1) is 13.8 Å². The quantitative estimate of drug-likeness (QED) is 0.795. The Morgan fingerprint density at radius 3 is 2.58 bits per heavy atom. The van der Waals surface area contributed by atoms with Crippen LogP contribution in [-0.4, -0.2) is 26.8 Å². The molecule has 1 atom stereocenters. The molecular formula is C19H23N3O2. The summed E-state index contributed by atoms with van der Waals surface area (Å²) in [4.78, 5) is 9.48. The highest BCUT2D eigenvalue weighted by atomic mass is 16.5. The normalized spacial score (nSPS) is 12.6. The molecule has 3 rings (SSSR count). The first-order chi connectivity index (χ1) is 11.5. The number of rotatable bonds is 4. The molecule has 0 saturated heterocycles. The van der Waals surface area contributed by atoms with E-state index in [1.54, 1.807) is 14.0 Å². The van der Waals surface area contributed by atoms with Gasteiger partial charge in [-0.05, 0) is 38.5 Å². The lowest BCUT2D eigenvalue weighted by molar-refractivity contribution is 0.194. The van der Waals surface area contributed by atoms with E-state index in [9.17, 15) is 5.11 Å². The molecule has 1 aromatic carbocycles. The first-order valence-corrected chi connectivity index (χ1v) is 8.18. The summed E-state index contributed by atoms with van der Waals surface area (Å²) in [7, 11) is 1.62. The third kappa shape index (κ3) is 2.65. The SMILES string of the molecule is CCc1nc2c(C)cc(C)nc2n1-c1ccc(C(C)O)c(OC)c1. The van der Waals surface area contributed by atoms with E-state index in [4.69, 9.17) is 14.7 Å². The average Bonchev–Trinajstić information content (AvgIpc) is 2.92. The summed E-state index contributed by atoms with van der Waals surface area (Å²) in [5.41, 5.74) is 5.58. The number of pyridine rings is 1. The second kappa shape index (κ2) is 6.24. The molecule has 0 bridgehead atoms. The number of benzene rings is 1. The first kappa shape index (κ1) is 16.5. The highest BCUT2D eigenvalue weighted by Gasteiger charge is 2.17. The van der Waals surface area contributed by atoms with Crippen molar-refractivity contribution in [2.75, 3.05) is 7.11 Å². The maximum Gasteiger partial charge on any atom is 0.165 e. The Morgan fingerprint density at radius 1 is 1.21 bits per heavy atom. The summed E-state index contributed by atoms with van der Waals surface area (Å²) >= 11 is 0. The molecule has 1 N–H and O–H groups in total. The number of methoxy groups -OCH3 is 1. The Bertz CT molecular complexity index is 897. The monoisotopic (exact) mass is 325 g/mol. The minimum absolute atomic E-state index is 0.582. The van der Waals surface area contributed by atoms with Crippen LogP contribution in [0.4, 0.5) is 0 Å². The lowest BCUT2D eigenvalue weighted by Gasteiger charge is -2.14. The van der Waals surface area contributed by atoms with Gasteiger partial charge in [-0.3, -0.25) is 4.57 Å². The van der Waals surface area contributed by atoms with Crippen LogP contribution in [0.1, 0.15) is 42.6 Å². The summed E-state index contributed by atoms with van der Waals surface area (Å²) < 4.78 is 7.54. The third-order valence-electron chi connectivity index (χ3n) is 4.25. The molecule has 0 aliphatic heterocycles. The average molecular weight is 325 g/mol. The lowest BCUT2D eigenvalue weighted by atomic mass is 10.1. The number of hydrogen-bond donors (Lipinski definition) is 1. The molecule has 2 aromatic heterocycles. The fraction of sp³-hybridized carbons (Fsp3) is 0.368. The van der Waals surface area contributed by atoms with Crippen LogP contribution in [0.3, 0.4) is 0 Å². The Balaban J connectivity index is 2.29. The van der Waals surface area contributed by atoms with Crippen molar-refractivity contribution < 1.29 is 9.84 Å². The van der Waals surface area contributed by atoms with Crippen molar-refractivity contribution in [1.29, 1.82) is 0 Å². The van der Waals surface area contributed by atoms with E-state index in [1.807, 2.05) is 25.1 Å². The summed E-state index contributed by atoms with van der Waals surface area (Å²) in [6.07, 6.45) is 0.219. The Morgan fingerprint density at radius 2 is 1.96 bits per heavy atom. The molecule has 126 valence electrons. The van der Waals surface area contributed by atoms with Crippen molar-refractivity contribution in [3.63, 3.8) is 0 Å². The van der Waals surface area contributed by atoms with Crippen molar-refractivity contribution >= 4 is 11.2 Å². The van der Waals surface area contributed by atoms with Crippen LogP contribution < -0.4 is 4.74 Å². The van der Waals surface area contributed by atoms with Gasteiger partial charge in [0.05, 0.1) is 18.9 Å². The molecule has 5 nitrogen and oxygen atoms in total. The number of aromatic nitrogens is 3. The minimum atomic E-state index is -0.582. The standard InChI is InChI=1S/C19H23N3O2/c1-6-17-21-18-11(2)9-12(3)20-19(18)22(17)14-7-8-15(13(4)23)16(10-14)24-5/h7-10,13,23H,6H2,1-5H3. The fourth-order valence-electron chi connectivity index (χ4n) is 3.10. The van der Waals surface area contributed by atoms with Crippen LogP contribution >= 0.6 is 0 Å². The van der Waals surface area contributed by atoms with Gasteiger partial charge < -0.3 is 9.84 Å². The maximum atomic E-state index is 9.89. The summed E-state index contributed by atoms with van der Waals surface area (Å²) in [5, 5.41) is 9.89. The summed E-state index contributed by atoms with van der Waals surface area (Å²) in [6.45, 7) is 7.87. The topological polar surface area (TPSA) is 60.2 Å². The van der Waals surface area contributed by atoms with E-state index in [0.29, 0.717) is 5.75 Å². The van der Waals surface area contributed by atoms with Gasteiger partial charge in [-0.15, -0.1) is 0 Å². The van der Waals surface area contributed by atoms with Gasteiger partial charge >= 0.3 is 0 Å². The molecular weight excluding hydrogens is 302 g/mol. The second-order valence-corrected chi connectivity index (χ2v) is 6.07. The predicted molar refractivity (Wildman–Crippen MR) is 94.9 cm³/mol. The molecule has 2 heterocycles. The Labute approximate surface area is 141 Å². The minimum Gasteiger partial charge on any atom is -0.496 e. The predicted octanol–water partition coefficient (Wildman–Crippen LogP) is 3.66. The van der Waals surface area contributed by atoms with Gasteiger partial charge in [0.1, 0.15) is 17.1 Å². The van der Waals surface area contributed by atoms with Crippen LogP contribution in [0.2, 0.25) is 0 Å². The number of aryl methyl sites for hydroxylation is 3. The molecule has 0 aliphatic rings. The van der Waals surface area contributed by atoms with E-state index in [2.05, 4.69) is 24.5 Å². The Hall–Kier alpha value is -2.40. The van der Waals surface area contributed by atoms with Gasteiger partial charge in [0.25, 0.3) is 0 Å². The number of hydrogen-bond acceptors (Lipinski definition) is 4. The number of ether oxygens (including phenoxy) is 1. The third-order valence-corrected chi connectivity index (χ3v) is 4.25. The zero-order chi connectivity index (χ0) is 17.4. The maximum absolute atomic E-state index is 9.89. The first-order valence-electron chi connectivity index (χ1n) is 8.18. The molecule has 24 heavy (non-hydrogen) atoms. The molecule has 0 amide bonds. The van der Waals surface area contributed by atoms with Crippen LogP contribution in [-0.2, 0) is 6.42 Å². The zero-order valence-corrected chi connectivity index (χ0v) is 14.8. The van der Waals surface area contributed by atoms with Crippen LogP contribution in [0.25, 0.3) is 16.9 Å². The van der Waals surface area contributed by atoms with Gasteiger partial charge in [-0.25, -0.2) is 9.97 Å². The molecule has 3 aromatic rings. The number of nitrogens with zero attached hydrogens (tertiary/aromatic N) is 3. The van der Waals surface area contributed by atoms with E-state index in [0.717, 1.165) is 45.9 Å². The molecule has 0 aliphatic carbocycles. The smallest absolute Gasteiger partial charge is 0.165 e. The van der Waals surface area contributed by atoms with E-state index >= 15 is 0 Å². The van der Waals surface area contributed by atoms with Gasteiger partial charge in [-0.1, -0.05) is 13.0 Å². The highest BCUT2D eigenvalue weighted by Crippen LogP contribution is 2.30. The largest absolute Gasteiger partial charge is 0.496 e. The molecule has 0 saturated carbocycles. The van der Waals surface area contributed by atoms with Gasteiger partial charge in [0.2, 0.25) is 0 Å². The summed E-state index contributed by atoms with van der Waals surface area (Å²) in [5.74, 6) is 1.62. The van der Waals surface area contributed by atoms with Crippen LogP contribution in [0.5, 0.6) is 5.75 Å². The van der Waals surface area contributed by atoms with Gasteiger partial charge in [0.15, 0.2) is 5.65 Å². The van der Waals surface area contributed by atoms with E-state index in [1.165, 1.54) is 0 Å². The molecule has 1 unspecified atom stereocenters. The fourth-order valence-corrected chi connectivity index (χ4v) is 3.10. The summed E-state index contributed by atoms with van der Waals surface area (Å²) in [6, 6.07) is 7.86. The number of aliphatic hydroxyl groups is 1. The molecule has 0 fully saturated rings. The van der Waals surface area contributed by atoms with Crippen molar-refractivity contribution in [3.8, 4) is 11.4 Å². The van der Waals surface area contributed by atoms with Crippen molar-refractivity contribution in [2.24, 2.45) is 0 Å². The zero-order valence-electron chi connectivity index (χ0n) is 14.8. The van der Waals surface area contributed by atoms with E-state index < -0.39 is 6.10 Å². The van der Waals surface area contributed by atoms with Crippen molar-refractivity contribution in [2.45, 2.75) is 40.2 Å². The van der Waals surface area contributed by atoms with Gasteiger partial charge in [0, 0.05) is 23.7 Å². The van der Waals surface area contributed by atoms with Crippen LogP contribution in [0.15, 0.2) is 24.3 Å². The molecule has 5 heteroatoms. The number of aliphatic hydroxyl groups excluding tert-OH is 1. The van der Waals surface area contributed by atoms with Crippen molar-refractivity contribution in [3.05, 3.63) is 46.9 Å². The Kier molecular flexibility index (Phi) is 4.28. The lowest BCUT2D eigenvalue weighted by Crippen LogP contribution is -2.04. The number of fused-ring (bicyclic) bond motifs is 1. The number of imidazole rings is 1. The second-order valence-electron chi connectivity index (χ2n) is 6.07. The molecule has 0 radical (unpaired) electrons. The highest BCUT2D eigenvalue weighted by molar-refractivity contribution is 5.78. The molecule has 0 spiro atoms. The van der Waals surface area contributed by atoms with Gasteiger partial charge in [-0.2, -0.15) is 0 Å². The van der Waals surface area contributed by atoms with E-state index in [-0.39, 0.29) is 0 Å². The van der Waals surface area contributed by atoms with Crippen molar-refractivity contribution in [1.82, 2.24) is 14.5 Å².